The van der Waals surface area contributed by atoms with Crippen molar-refractivity contribution in [3.8, 4) is 0 Å². The van der Waals surface area contributed by atoms with Gasteiger partial charge in [-0.3, -0.25) is 0 Å². The number of aliphatic hydroxyl groups is 1. The molecule has 20 heavy (non-hydrogen) atoms. The lowest BCUT2D eigenvalue weighted by Crippen LogP contribution is -2.13. The van der Waals surface area contributed by atoms with Crippen LogP contribution in [0.3, 0.4) is 0 Å². The molecule has 0 aliphatic carbocycles. The van der Waals surface area contributed by atoms with Gasteiger partial charge in [0.05, 0.1) is 0 Å². The fraction of sp³-hybridized carbons (Fsp3) is 0.368. The summed E-state index contributed by atoms with van der Waals surface area (Å²) < 4.78 is 0. The minimum atomic E-state index is 0.237. The van der Waals surface area contributed by atoms with E-state index in [2.05, 4.69) is 63.2 Å². The third-order valence-electron chi connectivity index (χ3n) is 4.00. The van der Waals surface area contributed by atoms with Crippen molar-refractivity contribution in [3.05, 3.63) is 70.3 Å². The number of aryl methyl sites for hydroxylation is 3. The molecule has 1 nitrogen and oxygen atoms in total. The molecule has 0 bridgehead atoms. The predicted molar refractivity (Wildman–Crippen MR) is 85.1 cm³/mol. The van der Waals surface area contributed by atoms with E-state index >= 15 is 0 Å². The first-order valence-corrected chi connectivity index (χ1v) is 7.31. The van der Waals surface area contributed by atoms with E-state index in [1.807, 2.05) is 0 Å². The normalized spacial score (nSPS) is 12.4. The van der Waals surface area contributed by atoms with Crippen molar-refractivity contribution in [2.24, 2.45) is 5.92 Å². The second-order valence-electron chi connectivity index (χ2n) is 5.86. The molecule has 106 valence electrons. The van der Waals surface area contributed by atoms with E-state index in [4.69, 9.17) is 0 Å². The van der Waals surface area contributed by atoms with E-state index in [0.717, 1.165) is 12.8 Å². The molecule has 1 heteroatoms. The Morgan fingerprint density at radius 1 is 0.800 bits per heavy atom. The van der Waals surface area contributed by atoms with Gasteiger partial charge in [-0.05, 0) is 61.8 Å². The fourth-order valence-electron chi connectivity index (χ4n) is 2.52. The first kappa shape index (κ1) is 14.8. The van der Waals surface area contributed by atoms with E-state index < -0.39 is 0 Å². The highest BCUT2D eigenvalue weighted by Crippen LogP contribution is 2.17. The molecule has 0 heterocycles. The molecule has 1 unspecified atom stereocenters. The van der Waals surface area contributed by atoms with Crippen LogP contribution < -0.4 is 0 Å². The van der Waals surface area contributed by atoms with Crippen LogP contribution in [0.5, 0.6) is 0 Å². The molecule has 0 fully saturated rings. The Bertz CT molecular complexity index is 554. The van der Waals surface area contributed by atoms with Crippen LogP contribution in [-0.2, 0) is 12.8 Å². The van der Waals surface area contributed by atoms with E-state index in [9.17, 15) is 5.11 Å². The van der Waals surface area contributed by atoms with Crippen LogP contribution >= 0.6 is 0 Å². The fourth-order valence-corrected chi connectivity index (χ4v) is 2.52. The quantitative estimate of drug-likeness (QED) is 0.869. The van der Waals surface area contributed by atoms with Gasteiger partial charge < -0.3 is 5.11 Å². The van der Waals surface area contributed by atoms with E-state index in [0.29, 0.717) is 5.92 Å². The molecular weight excluding hydrogens is 244 g/mol. The van der Waals surface area contributed by atoms with Crippen molar-refractivity contribution >= 4 is 0 Å². The van der Waals surface area contributed by atoms with E-state index in [1.54, 1.807) is 0 Å². The Morgan fingerprint density at radius 2 is 1.40 bits per heavy atom. The summed E-state index contributed by atoms with van der Waals surface area (Å²) in [7, 11) is 0. The Morgan fingerprint density at radius 3 is 2.00 bits per heavy atom. The van der Waals surface area contributed by atoms with Gasteiger partial charge in [0, 0.05) is 6.61 Å². The van der Waals surface area contributed by atoms with Gasteiger partial charge >= 0.3 is 0 Å². The van der Waals surface area contributed by atoms with Crippen molar-refractivity contribution < 1.29 is 5.11 Å². The van der Waals surface area contributed by atoms with Crippen molar-refractivity contribution in [3.63, 3.8) is 0 Å². The Labute approximate surface area is 122 Å². The summed E-state index contributed by atoms with van der Waals surface area (Å²) in [6.07, 6.45) is 1.87. The summed E-state index contributed by atoms with van der Waals surface area (Å²) in [5.74, 6) is 0.291. The average molecular weight is 268 g/mol. The van der Waals surface area contributed by atoms with Gasteiger partial charge in [-0.25, -0.2) is 0 Å². The minimum Gasteiger partial charge on any atom is -0.396 e. The van der Waals surface area contributed by atoms with Crippen LogP contribution in [0, 0.1) is 26.7 Å². The highest BCUT2D eigenvalue weighted by atomic mass is 16.3. The Kier molecular flexibility index (Phi) is 4.97. The van der Waals surface area contributed by atoms with Crippen molar-refractivity contribution in [1.82, 2.24) is 0 Å². The molecule has 0 aliphatic rings. The first-order chi connectivity index (χ1) is 9.58. The standard InChI is InChI=1S/C19H24O/c1-14-4-7-17(8-5-14)11-19(13-20)12-18-9-6-15(2)16(3)10-18/h4-10,19-20H,11-13H2,1-3H3. The monoisotopic (exact) mass is 268 g/mol. The van der Waals surface area contributed by atoms with Gasteiger partial charge in [-0.2, -0.15) is 0 Å². The summed E-state index contributed by atoms with van der Waals surface area (Å²) in [6, 6.07) is 15.2. The molecule has 1 atom stereocenters. The third-order valence-corrected chi connectivity index (χ3v) is 4.00. The second-order valence-corrected chi connectivity index (χ2v) is 5.86. The number of hydrogen-bond donors (Lipinski definition) is 1. The van der Waals surface area contributed by atoms with Gasteiger partial charge in [-0.1, -0.05) is 48.0 Å². The Hall–Kier alpha value is -1.60. The summed E-state index contributed by atoms with van der Waals surface area (Å²) >= 11 is 0. The maximum atomic E-state index is 9.63. The molecule has 1 N–H and O–H groups in total. The molecule has 2 aromatic rings. The largest absolute Gasteiger partial charge is 0.396 e. The molecule has 0 saturated carbocycles. The van der Waals surface area contributed by atoms with Gasteiger partial charge in [-0.15, -0.1) is 0 Å². The molecule has 2 aromatic carbocycles. The van der Waals surface area contributed by atoms with Gasteiger partial charge in [0.1, 0.15) is 0 Å². The topological polar surface area (TPSA) is 20.2 Å². The maximum Gasteiger partial charge on any atom is 0.0465 e. The molecule has 2 rings (SSSR count). The summed E-state index contributed by atoms with van der Waals surface area (Å²) in [5.41, 5.74) is 6.56. The lowest BCUT2D eigenvalue weighted by atomic mass is 9.92. The molecule has 0 amide bonds. The summed E-state index contributed by atoms with van der Waals surface area (Å²) in [5, 5.41) is 9.63. The van der Waals surface area contributed by atoms with Crippen LogP contribution in [0.15, 0.2) is 42.5 Å². The van der Waals surface area contributed by atoms with Crippen molar-refractivity contribution in [2.75, 3.05) is 6.61 Å². The predicted octanol–water partition coefficient (Wildman–Crippen LogP) is 4.01. The molecule has 0 radical (unpaired) electrons. The maximum absolute atomic E-state index is 9.63. The molecule has 0 aliphatic heterocycles. The average Bonchev–Trinajstić information content (AvgIpc) is 2.44. The van der Waals surface area contributed by atoms with Gasteiger partial charge in [0.2, 0.25) is 0 Å². The zero-order valence-electron chi connectivity index (χ0n) is 12.7. The lowest BCUT2D eigenvalue weighted by molar-refractivity contribution is 0.225. The van der Waals surface area contributed by atoms with Crippen LogP contribution in [-0.4, -0.2) is 11.7 Å². The molecular formula is C19H24O. The van der Waals surface area contributed by atoms with Gasteiger partial charge in [0.15, 0.2) is 0 Å². The Balaban J connectivity index is 2.04. The SMILES string of the molecule is Cc1ccc(CC(CO)Cc2ccc(C)c(C)c2)cc1. The second kappa shape index (κ2) is 6.71. The van der Waals surface area contributed by atoms with Crippen LogP contribution in [0.4, 0.5) is 0 Å². The van der Waals surface area contributed by atoms with Crippen LogP contribution in [0.25, 0.3) is 0 Å². The number of aliphatic hydroxyl groups excluding tert-OH is 1. The minimum absolute atomic E-state index is 0.237. The number of rotatable bonds is 5. The summed E-state index contributed by atoms with van der Waals surface area (Å²) in [4.78, 5) is 0. The zero-order chi connectivity index (χ0) is 14.5. The smallest absolute Gasteiger partial charge is 0.0465 e. The zero-order valence-corrected chi connectivity index (χ0v) is 12.7. The van der Waals surface area contributed by atoms with Crippen LogP contribution in [0.2, 0.25) is 0 Å². The summed E-state index contributed by atoms with van der Waals surface area (Å²) in [6.45, 7) is 6.62. The van der Waals surface area contributed by atoms with Crippen molar-refractivity contribution in [2.45, 2.75) is 33.6 Å². The van der Waals surface area contributed by atoms with Crippen LogP contribution in [0.1, 0.15) is 27.8 Å². The highest BCUT2D eigenvalue weighted by molar-refractivity contribution is 5.30. The van der Waals surface area contributed by atoms with Crippen molar-refractivity contribution in [1.29, 1.82) is 0 Å². The highest BCUT2D eigenvalue weighted by Gasteiger charge is 2.10. The van der Waals surface area contributed by atoms with Gasteiger partial charge in [0.25, 0.3) is 0 Å². The first-order valence-electron chi connectivity index (χ1n) is 7.31. The molecule has 0 spiro atoms. The lowest BCUT2D eigenvalue weighted by Gasteiger charge is -2.15. The third kappa shape index (κ3) is 3.94. The number of benzene rings is 2. The molecule has 0 saturated heterocycles. The van der Waals surface area contributed by atoms with E-state index in [-0.39, 0.29) is 6.61 Å². The van der Waals surface area contributed by atoms with E-state index in [1.165, 1.54) is 27.8 Å². The molecule has 0 aromatic heterocycles. The number of hydrogen-bond acceptors (Lipinski definition) is 1.